The van der Waals surface area contributed by atoms with Gasteiger partial charge in [-0.2, -0.15) is 0 Å². The molecule has 1 spiro atoms. The van der Waals surface area contributed by atoms with Gasteiger partial charge in [-0.15, -0.1) is 5.10 Å². The van der Waals surface area contributed by atoms with Gasteiger partial charge >= 0.3 is 0 Å². The van der Waals surface area contributed by atoms with Crippen LogP contribution in [0.3, 0.4) is 0 Å². The molecule has 2 aromatic heterocycles. The van der Waals surface area contributed by atoms with Crippen molar-refractivity contribution >= 4 is 16.8 Å². The van der Waals surface area contributed by atoms with Crippen LogP contribution in [0.5, 0.6) is 0 Å². The molecule has 1 aliphatic heterocycles. The molecule has 1 aromatic carbocycles. The molecule has 2 fully saturated rings. The van der Waals surface area contributed by atoms with Crippen LogP contribution in [0.4, 0.5) is 0 Å². The molecule has 3 aromatic rings. The minimum atomic E-state index is -0.425. The van der Waals surface area contributed by atoms with Gasteiger partial charge in [-0.3, -0.25) is 9.78 Å². The minimum absolute atomic E-state index is 0.138. The number of hydrogen-bond acceptors (Lipinski definition) is 5. The van der Waals surface area contributed by atoms with E-state index in [0.717, 1.165) is 29.4 Å². The maximum atomic E-state index is 13.1. The van der Waals surface area contributed by atoms with Crippen LogP contribution in [0.1, 0.15) is 35.4 Å². The summed E-state index contributed by atoms with van der Waals surface area (Å²) in [7, 11) is 0. The molecular formula is C19H19N5O2. The second-order valence-electron chi connectivity index (χ2n) is 7.15. The van der Waals surface area contributed by atoms with Crippen LogP contribution in [-0.2, 0) is 0 Å². The summed E-state index contributed by atoms with van der Waals surface area (Å²) in [6.07, 6.45) is 3.69. The maximum absolute atomic E-state index is 13.1. The molecule has 7 heteroatoms. The SMILES string of the molecule is Cc1c(C(=O)N2CCC(O)C23CC3)nnn1-c1cccc2ncccc12. The van der Waals surface area contributed by atoms with Crippen molar-refractivity contribution in [2.45, 2.75) is 37.8 Å². The maximum Gasteiger partial charge on any atom is 0.276 e. The number of aliphatic hydroxyl groups is 1. The smallest absolute Gasteiger partial charge is 0.276 e. The van der Waals surface area contributed by atoms with E-state index in [9.17, 15) is 9.90 Å². The van der Waals surface area contributed by atoms with E-state index in [4.69, 9.17) is 0 Å². The first-order chi connectivity index (χ1) is 12.6. The van der Waals surface area contributed by atoms with Crippen molar-refractivity contribution < 1.29 is 9.90 Å². The van der Waals surface area contributed by atoms with Crippen molar-refractivity contribution in [2.75, 3.05) is 6.54 Å². The third kappa shape index (κ3) is 2.03. The molecule has 3 heterocycles. The highest BCUT2D eigenvalue weighted by atomic mass is 16.3. The summed E-state index contributed by atoms with van der Waals surface area (Å²) in [6, 6.07) is 9.67. The average Bonchev–Trinajstić information content (AvgIpc) is 3.28. The lowest BCUT2D eigenvalue weighted by Gasteiger charge is -2.25. The lowest BCUT2D eigenvalue weighted by atomic mass is 10.1. The number of hydrogen-bond donors (Lipinski definition) is 1. The molecule has 26 heavy (non-hydrogen) atoms. The van der Waals surface area contributed by atoms with E-state index >= 15 is 0 Å². The van der Waals surface area contributed by atoms with Crippen molar-refractivity contribution in [1.29, 1.82) is 0 Å². The fourth-order valence-electron chi connectivity index (χ4n) is 4.11. The first-order valence-electron chi connectivity index (χ1n) is 8.88. The van der Waals surface area contributed by atoms with E-state index in [1.165, 1.54) is 0 Å². The van der Waals surface area contributed by atoms with Gasteiger partial charge in [-0.25, -0.2) is 4.68 Å². The lowest BCUT2D eigenvalue weighted by Crippen LogP contribution is -2.42. The number of fused-ring (bicyclic) bond motifs is 1. The summed E-state index contributed by atoms with van der Waals surface area (Å²) in [5.41, 5.74) is 2.40. The fourth-order valence-corrected chi connectivity index (χ4v) is 4.11. The van der Waals surface area contributed by atoms with E-state index in [-0.39, 0.29) is 11.4 Å². The Kier molecular flexibility index (Phi) is 3.18. The van der Waals surface area contributed by atoms with E-state index in [0.29, 0.717) is 24.4 Å². The molecule has 1 N–H and O–H groups in total. The second kappa shape index (κ2) is 5.35. The monoisotopic (exact) mass is 349 g/mol. The Morgan fingerprint density at radius 3 is 2.92 bits per heavy atom. The molecule has 0 bridgehead atoms. The summed E-state index contributed by atoms with van der Waals surface area (Å²) in [6.45, 7) is 2.43. The van der Waals surface area contributed by atoms with Crippen LogP contribution in [-0.4, -0.2) is 54.1 Å². The number of aromatic nitrogens is 4. The molecule has 1 atom stereocenters. The zero-order chi connectivity index (χ0) is 17.9. The standard InChI is InChI=1S/C19H19N5O2/c1-12-17(18(26)23-11-7-16(25)19(23)8-9-19)21-22-24(12)15-6-2-5-14-13(15)4-3-10-20-14/h2-6,10,16,25H,7-9,11H2,1H3. The third-order valence-electron chi connectivity index (χ3n) is 5.74. The average molecular weight is 349 g/mol. The van der Waals surface area contributed by atoms with Crippen LogP contribution in [0, 0.1) is 6.92 Å². The summed E-state index contributed by atoms with van der Waals surface area (Å²) in [4.78, 5) is 19.2. The van der Waals surface area contributed by atoms with E-state index in [1.807, 2.05) is 37.3 Å². The van der Waals surface area contributed by atoms with Crippen LogP contribution >= 0.6 is 0 Å². The van der Waals surface area contributed by atoms with E-state index in [2.05, 4.69) is 15.3 Å². The van der Waals surface area contributed by atoms with Crippen LogP contribution in [0.2, 0.25) is 0 Å². The normalized spacial score (nSPS) is 20.8. The van der Waals surface area contributed by atoms with E-state index in [1.54, 1.807) is 15.8 Å². The van der Waals surface area contributed by atoms with Gasteiger partial charge in [0.1, 0.15) is 0 Å². The van der Waals surface area contributed by atoms with Gasteiger partial charge in [0.2, 0.25) is 0 Å². The molecule has 1 saturated heterocycles. The van der Waals surface area contributed by atoms with Gasteiger partial charge < -0.3 is 10.0 Å². The highest BCUT2D eigenvalue weighted by Crippen LogP contribution is 2.50. The summed E-state index contributed by atoms with van der Waals surface area (Å²) in [5, 5.41) is 19.6. The largest absolute Gasteiger partial charge is 0.391 e. The number of benzene rings is 1. The van der Waals surface area contributed by atoms with Crippen molar-refractivity contribution in [2.24, 2.45) is 0 Å². The molecule has 2 aliphatic rings. The Morgan fingerprint density at radius 1 is 1.27 bits per heavy atom. The number of nitrogens with zero attached hydrogens (tertiary/aromatic N) is 5. The Bertz CT molecular complexity index is 1020. The number of carbonyl (C=O) groups excluding carboxylic acids is 1. The van der Waals surface area contributed by atoms with Crippen molar-refractivity contribution in [3.8, 4) is 5.69 Å². The molecule has 1 amide bonds. The van der Waals surface area contributed by atoms with Crippen LogP contribution < -0.4 is 0 Å². The van der Waals surface area contributed by atoms with E-state index < -0.39 is 6.10 Å². The molecular weight excluding hydrogens is 330 g/mol. The van der Waals surface area contributed by atoms with Crippen LogP contribution in [0.25, 0.3) is 16.6 Å². The van der Waals surface area contributed by atoms with Gasteiger partial charge in [0.25, 0.3) is 5.91 Å². The van der Waals surface area contributed by atoms with Crippen LogP contribution in [0.15, 0.2) is 36.5 Å². The lowest BCUT2D eigenvalue weighted by molar-refractivity contribution is 0.0581. The quantitative estimate of drug-likeness (QED) is 0.763. The number of aliphatic hydroxyl groups excluding tert-OH is 1. The third-order valence-corrected chi connectivity index (χ3v) is 5.74. The summed E-state index contributed by atoms with van der Waals surface area (Å²) < 4.78 is 1.70. The number of rotatable bonds is 2. The van der Waals surface area contributed by atoms with Gasteiger partial charge in [0, 0.05) is 18.1 Å². The number of likely N-dealkylation sites (tertiary alicyclic amines) is 1. The molecule has 0 radical (unpaired) electrons. The summed E-state index contributed by atoms with van der Waals surface area (Å²) >= 11 is 0. The second-order valence-corrected chi connectivity index (χ2v) is 7.15. The minimum Gasteiger partial charge on any atom is -0.391 e. The number of carbonyl (C=O) groups is 1. The first-order valence-corrected chi connectivity index (χ1v) is 8.88. The van der Waals surface area contributed by atoms with Gasteiger partial charge in [-0.1, -0.05) is 11.3 Å². The topological polar surface area (TPSA) is 84.1 Å². The Balaban J connectivity index is 1.56. The first kappa shape index (κ1) is 15.5. The highest BCUT2D eigenvalue weighted by molar-refractivity contribution is 5.95. The van der Waals surface area contributed by atoms with Crippen molar-refractivity contribution in [1.82, 2.24) is 24.9 Å². The zero-order valence-corrected chi connectivity index (χ0v) is 14.5. The van der Waals surface area contributed by atoms with Crippen molar-refractivity contribution in [3.63, 3.8) is 0 Å². The Morgan fingerprint density at radius 2 is 2.12 bits per heavy atom. The van der Waals surface area contributed by atoms with Crippen molar-refractivity contribution in [3.05, 3.63) is 47.9 Å². The molecule has 132 valence electrons. The van der Waals surface area contributed by atoms with Gasteiger partial charge in [0.05, 0.1) is 28.5 Å². The zero-order valence-electron chi connectivity index (χ0n) is 14.5. The molecule has 1 unspecified atom stereocenters. The molecule has 1 saturated carbocycles. The predicted octanol–water partition coefficient (Wildman–Crippen LogP) is 1.86. The highest BCUT2D eigenvalue weighted by Gasteiger charge is 2.59. The Labute approximate surface area is 150 Å². The number of amides is 1. The molecule has 5 rings (SSSR count). The summed E-state index contributed by atoms with van der Waals surface area (Å²) in [5.74, 6) is -0.138. The predicted molar refractivity (Wildman–Crippen MR) is 95.0 cm³/mol. The Hall–Kier alpha value is -2.80. The number of pyridine rings is 1. The van der Waals surface area contributed by atoms with Gasteiger partial charge in [0.15, 0.2) is 5.69 Å². The fraction of sp³-hybridized carbons (Fsp3) is 0.368. The van der Waals surface area contributed by atoms with Gasteiger partial charge in [-0.05, 0) is 50.5 Å². The molecule has 7 nitrogen and oxygen atoms in total. The molecule has 1 aliphatic carbocycles.